The zero-order valence-corrected chi connectivity index (χ0v) is 11.5. The number of aryl methyl sites for hydroxylation is 1. The number of benzene rings is 2. The summed E-state index contributed by atoms with van der Waals surface area (Å²) < 4.78 is 27.2. The molecular weight excluding hydrogens is 268 g/mol. The van der Waals surface area contributed by atoms with Crippen molar-refractivity contribution in [2.75, 3.05) is 7.05 Å². The van der Waals surface area contributed by atoms with E-state index in [0.29, 0.717) is 28.8 Å². The molecule has 2 aromatic carbocycles. The van der Waals surface area contributed by atoms with Crippen LogP contribution >= 0.6 is 11.6 Å². The molecule has 0 aromatic heterocycles. The van der Waals surface area contributed by atoms with Crippen LogP contribution in [0, 0.1) is 18.6 Å². The fourth-order valence-electron chi connectivity index (χ4n) is 1.93. The largest absolute Gasteiger partial charge is 0.316 e. The normalized spacial score (nSPS) is 10.8. The van der Waals surface area contributed by atoms with Crippen LogP contribution in [0.3, 0.4) is 0 Å². The molecule has 0 bridgehead atoms. The average Bonchev–Trinajstić information content (AvgIpc) is 2.36. The monoisotopic (exact) mass is 281 g/mol. The van der Waals surface area contributed by atoms with E-state index in [-0.39, 0.29) is 16.7 Å². The molecule has 0 amide bonds. The highest BCUT2D eigenvalue weighted by Gasteiger charge is 2.10. The Morgan fingerprint density at radius 3 is 2.47 bits per heavy atom. The van der Waals surface area contributed by atoms with E-state index in [1.807, 2.05) is 0 Å². The molecule has 0 saturated carbocycles. The van der Waals surface area contributed by atoms with Crippen LogP contribution in [-0.4, -0.2) is 7.05 Å². The predicted molar refractivity (Wildman–Crippen MR) is 74.3 cm³/mol. The van der Waals surface area contributed by atoms with E-state index in [2.05, 4.69) is 5.32 Å². The van der Waals surface area contributed by atoms with Gasteiger partial charge < -0.3 is 5.32 Å². The lowest BCUT2D eigenvalue weighted by atomic mass is 10.0. The van der Waals surface area contributed by atoms with E-state index in [9.17, 15) is 8.78 Å². The van der Waals surface area contributed by atoms with Gasteiger partial charge in [0.15, 0.2) is 0 Å². The molecule has 1 nitrogen and oxygen atoms in total. The molecule has 100 valence electrons. The summed E-state index contributed by atoms with van der Waals surface area (Å²) >= 11 is 6.01. The first-order valence-electron chi connectivity index (χ1n) is 5.92. The molecule has 19 heavy (non-hydrogen) atoms. The molecule has 0 saturated heterocycles. The minimum Gasteiger partial charge on any atom is -0.316 e. The van der Waals surface area contributed by atoms with Crippen molar-refractivity contribution in [3.05, 3.63) is 58.1 Å². The number of hydrogen-bond acceptors (Lipinski definition) is 1. The lowest BCUT2D eigenvalue weighted by molar-refractivity contribution is 0.601. The molecule has 2 aromatic rings. The topological polar surface area (TPSA) is 12.0 Å². The molecule has 0 spiro atoms. The van der Waals surface area contributed by atoms with E-state index in [1.165, 1.54) is 12.1 Å². The van der Waals surface area contributed by atoms with Crippen LogP contribution in [0.1, 0.15) is 11.1 Å². The lowest BCUT2D eigenvalue weighted by Gasteiger charge is -2.09. The second-order valence-corrected chi connectivity index (χ2v) is 4.82. The van der Waals surface area contributed by atoms with E-state index in [4.69, 9.17) is 11.6 Å². The van der Waals surface area contributed by atoms with Crippen molar-refractivity contribution >= 4 is 11.6 Å². The standard InChI is InChI=1S/C15H14ClF2N/c1-9-5-12(13(16)7-14(9)17)10-3-4-11(8-19-2)15(18)6-10/h3-7,19H,8H2,1-2H3. The van der Waals surface area contributed by atoms with Gasteiger partial charge in [0.1, 0.15) is 11.6 Å². The van der Waals surface area contributed by atoms with Gasteiger partial charge in [0.05, 0.1) is 5.02 Å². The summed E-state index contributed by atoms with van der Waals surface area (Å²) in [6.07, 6.45) is 0. The first kappa shape index (κ1) is 14.0. The maximum Gasteiger partial charge on any atom is 0.128 e. The van der Waals surface area contributed by atoms with Crippen molar-refractivity contribution < 1.29 is 8.78 Å². The van der Waals surface area contributed by atoms with Gasteiger partial charge in [-0.1, -0.05) is 23.7 Å². The molecule has 0 aliphatic heterocycles. The minimum absolute atomic E-state index is 0.281. The van der Waals surface area contributed by atoms with E-state index in [0.717, 1.165) is 0 Å². The minimum atomic E-state index is -0.360. The maximum atomic E-state index is 13.9. The van der Waals surface area contributed by atoms with Crippen molar-refractivity contribution in [3.63, 3.8) is 0 Å². The Morgan fingerprint density at radius 2 is 1.84 bits per heavy atom. The molecule has 0 radical (unpaired) electrons. The van der Waals surface area contributed by atoms with Crippen LogP contribution in [0.25, 0.3) is 11.1 Å². The fourth-order valence-corrected chi connectivity index (χ4v) is 2.19. The summed E-state index contributed by atoms with van der Waals surface area (Å²) in [4.78, 5) is 0. The van der Waals surface area contributed by atoms with Gasteiger partial charge in [-0.2, -0.15) is 0 Å². The van der Waals surface area contributed by atoms with Crippen molar-refractivity contribution in [1.82, 2.24) is 5.32 Å². The van der Waals surface area contributed by atoms with Crippen LogP contribution in [0.2, 0.25) is 5.02 Å². The van der Waals surface area contributed by atoms with Gasteiger partial charge in [0, 0.05) is 17.7 Å². The summed E-state index contributed by atoms with van der Waals surface area (Å²) in [6.45, 7) is 2.11. The highest BCUT2D eigenvalue weighted by Crippen LogP contribution is 2.31. The Labute approximate surface area is 116 Å². The molecular formula is C15H14ClF2N. The van der Waals surface area contributed by atoms with Crippen LogP contribution in [-0.2, 0) is 6.54 Å². The average molecular weight is 282 g/mol. The lowest BCUT2D eigenvalue weighted by Crippen LogP contribution is -2.06. The number of nitrogens with one attached hydrogen (secondary N) is 1. The van der Waals surface area contributed by atoms with Crippen LogP contribution in [0.5, 0.6) is 0 Å². The highest BCUT2D eigenvalue weighted by atomic mass is 35.5. The smallest absolute Gasteiger partial charge is 0.128 e. The van der Waals surface area contributed by atoms with Crippen molar-refractivity contribution in [2.45, 2.75) is 13.5 Å². The van der Waals surface area contributed by atoms with Gasteiger partial charge in [-0.3, -0.25) is 0 Å². The Hall–Kier alpha value is -1.45. The molecule has 4 heteroatoms. The third-order valence-electron chi connectivity index (χ3n) is 2.98. The first-order chi connectivity index (χ1) is 9.02. The van der Waals surface area contributed by atoms with E-state index in [1.54, 1.807) is 32.2 Å². The van der Waals surface area contributed by atoms with E-state index < -0.39 is 0 Å². The molecule has 0 unspecified atom stereocenters. The quantitative estimate of drug-likeness (QED) is 0.884. The zero-order valence-electron chi connectivity index (χ0n) is 10.7. The van der Waals surface area contributed by atoms with Gasteiger partial charge in [0.25, 0.3) is 0 Å². The van der Waals surface area contributed by atoms with Crippen LogP contribution in [0.15, 0.2) is 30.3 Å². The van der Waals surface area contributed by atoms with E-state index >= 15 is 0 Å². The summed E-state index contributed by atoms with van der Waals surface area (Å²) in [5, 5.41) is 3.18. The Bertz CT molecular complexity index is 611. The van der Waals surface area contributed by atoms with Crippen LogP contribution < -0.4 is 5.32 Å². The van der Waals surface area contributed by atoms with Gasteiger partial charge in [0.2, 0.25) is 0 Å². The Kier molecular flexibility index (Phi) is 4.17. The van der Waals surface area contributed by atoms with Crippen molar-refractivity contribution in [2.24, 2.45) is 0 Å². The van der Waals surface area contributed by atoms with Gasteiger partial charge in [-0.25, -0.2) is 8.78 Å². The van der Waals surface area contributed by atoms with Gasteiger partial charge in [-0.05, 0) is 43.3 Å². The predicted octanol–water partition coefficient (Wildman–Crippen LogP) is 4.31. The molecule has 0 atom stereocenters. The summed E-state index contributed by atoms with van der Waals surface area (Å²) in [7, 11) is 1.76. The van der Waals surface area contributed by atoms with Crippen molar-refractivity contribution in [3.8, 4) is 11.1 Å². The third kappa shape index (κ3) is 2.94. The highest BCUT2D eigenvalue weighted by molar-refractivity contribution is 6.33. The molecule has 0 aliphatic rings. The second kappa shape index (κ2) is 5.68. The van der Waals surface area contributed by atoms with Crippen molar-refractivity contribution in [1.29, 1.82) is 0 Å². The molecule has 1 N–H and O–H groups in total. The van der Waals surface area contributed by atoms with Crippen LogP contribution in [0.4, 0.5) is 8.78 Å². The molecule has 0 fully saturated rings. The Morgan fingerprint density at radius 1 is 1.11 bits per heavy atom. The van der Waals surface area contributed by atoms with Gasteiger partial charge in [-0.15, -0.1) is 0 Å². The molecule has 0 aliphatic carbocycles. The number of rotatable bonds is 3. The summed E-state index contributed by atoms with van der Waals surface area (Å²) in [5.41, 5.74) is 2.35. The van der Waals surface area contributed by atoms with Gasteiger partial charge >= 0.3 is 0 Å². The molecule has 2 rings (SSSR count). The fraction of sp³-hybridized carbons (Fsp3) is 0.200. The summed E-state index contributed by atoms with van der Waals surface area (Å²) in [6, 6.07) is 7.80. The zero-order chi connectivity index (χ0) is 14.0. The number of hydrogen-bond donors (Lipinski definition) is 1. The second-order valence-electron chi connectivity index (χ2n) is 4.42. The Balaban J connectivity index is 2.48. The SMILES string of the molecule is CNCc1ccc(-c2cc(C)c(F)cc2Cl)cc1F. The number of halogens is 3. The first-order valence-corrected chi connectivity index (χ1v) is 6.29. The maximum absolute atomic E-state index is 13.9. The molecule has 0 heterocycles. The third-order valence-corrected chi connectivity index (χ3v) is 3.29. The summed E-state index contributed by atoms with van der Waals surface area (Å²) in [5.74, 6) is -0.661.